The van der Waals surface area contributed by atoms with E-state index in [2.05, 4.69) is 9.72 Å². The average molecular weight is 296 g/mol. The maximum Gasteiger partial charge on any atom is 0.573 e. The number of nitrogens with zero attached hydrogens (tertiary/aromatic N) is 1. The van der Waals surface area contributed by atoms with Gasteiger partial charge in [-0.05, 0) is 0 Å². The van der Waals surface area contributed by atoms with Crippen molar-refractivity contribution in [2.45, 2.75) is 18.7 Å². The van der Waals surface area contributed by atoms with E-state index in [0.717, 1.165) is 0 Å². The molecule has 1 rings (SSSR count). The highest BCUT2D eigenvalue weighted by atomic mass is 35.5. The van der Waals surface area contributed by atoms with Crippen LogP contribution in [0.5, 0.6) is 5.75 Å². The fourth-order valence-electron chi connectivity index (χ4n) is 1.09. The largest absolute Gasteiger partial charge is 0.573 e. The molecule has 0 atom stereocenters. The first-order valence-electron chi connectivity index (χ1n) is 4.03. The molecular formula is C8H4Cl2F5NO. The zero-order valence-corrected chi connectivity index (χ0v) is 9.37. The summed E-state index contributed by atoms with van der Waals surface area (Å²) in [5, 5.41) is -0.384. The molecule has 0 aromatic carbocycles. The molecule has 96 valence electrons. The van der Waals surface area contributed by atoms with E-state index in [0.29, 0.717) is 6.20 Å². The van der Waals surface area contributed by atoms with Crippen molar-refractivity contribution in [3.05, 3.63) is 22.5 Å². The number of alkyl halides is 6. The van der Waals surface area contributed by atoms with Crippen LogP contribution in [-0.2, 0) is 5.88 Å². The minimum atomic E-state index is -5.09. The molecule has 1 heterocycles. The van der Waals surface area contributed by atoms with E-state index < -0.39 is 30.0 Å². The second kappa shape index (κ2) is 5.22. The molecule has 0 bridgehead atoms. The van der Waals surface area contributed by atoms with Crippen molar-refractivity contribution < 1.29 is 26.7 Å². The van der Waals surface area contributed by atoms with Crippen LogP contribution in [0.25, 0.3) is 0 Å². The van der Waals surface area contributed by atoms with E-state index in [1.54, 1.807) is 0 Å². The lowest BCUT2D eigenvalue weighted by Crippen LogP contribution is -2.19. The van der Waals surface area contributed by atoms with E-state index >= 15 is 0 Å². The molecule has 0 N–H and O–H groups in total. The van der Waals surface area contributed by atoms with Crippen molar-refractivity contribution in [3.8, 4) is 5.75 Å². The summed E-state index contributed by atoms with van der Waals surface area (Å²) in [6.07, 6.45) is -7.82. The Morgan fingerprint density at radius 2 is 1.94 bits per heavy atom. The predicted molar refractivity (Wildman–Crippen MR) is 50.4 cm³/mol. The van der Waals surface area contributed by atoms with Crippen LogP contribution in [0.1, 0.15) is 17.6 Å². The van der Waals surface area contributed by atoms with Gasteiger partial charge in [0, 0.05) is 5.56 Å². The average Bonchev–Trinajstić information content (AvgIpc) is 2.17. The summed E-state index contributed by atoms with van der Waals surface area (Å²) in [5.41, 5.74) is -1.39. The van der Waals surface area contributed by atoms with E-state index in [4.69, 9.17) is 23.2 Å². The highest BCUT2D eigenvalue weighted by molar-refractivity contribution is 6.31. The molecule has 0 saturated heterocycles. The minimum Gasteiger partial charge on any atom is -0.404 e. The molecule has 2 nitrogen and oxygen atoms in total. The van der Waals surface area contributed by atoms with Crippen LogP contribution in [0.15, 0.2) is 6.20 Å². The maximum absolute atomic E-state index is 12.6. The summed E-state index contributed by atoms with van der Waals surface area (Å²) in [5.74, 6) is -1.60. The van der Waals surface area contributed by atoms with Crippen LogP contribution in [0.3, 0.4) is 0 Å². The van der Waals surface area contributed by atoms with Gasteiger partial charge in [-0.1, -0.05) is 11.6 Å². The maximum atomic E-state index is 12.6. The minimum absolute atomic E-state index is 0.384. The SMILES string of the molecule is FC(F)c1c(OC(F)(F)F)cnc(Cl)c1CCl. The smallest absolute Gasteiger partial charge is 0.404 e. The van der Waals surface area contributed by atoms with Gasteiger partial charge in [0.1, 0.15) is 5.15 Å². The zero-order chi connectivity index (χ0) is 13.2. The van der Waals surface area contributed by atoms with Crippen LogP contribution in [0, 0.1) is 0 Å². The first kappa shape index (κ1) is 14.2. The summed E-state index contributed by atoms with van der Waals surface area (Å²) in [6.45, 7) is 0. The van der Waals surface area contributed by atoms with Crippen molar-refractivity contribution in [1.82, 2.24) is 4.98 Å². The Labute approximate surface area is 102 Å². The Morgan fingerprint density at radius 1 is 1.35 bits per heavy atom. The third kappa shape index (κ3) is 3.57. The highest BCUT2D eigenvalue weighted by Gasteiger charge is 2.34. The summed E-state index contributed by atoms with van der Waals surface area (Å²) in [4.78, 5) is 3.30. The number of hydrogen-bond donors (Lipinski definition) is 0. The van der Waals surface area contributed by atoms with E-state index in [-0.39, 0.29) is 10.7 Å². The number of aromatic nitrogens is 1. The molecule has 0 aliphatic carbocycles. The molecule has 0 amide bonds. The summed E-state index contributed by atoms with van der Waals surface area (Å²) < 4.78 is 64.6. The van der Waals surface area contributed by atoms with Gasteiger partial charge in [0.15, 0.2) is 5.75 Å². The molecule has 1 aromatic heterocycles. The van der Waals surface area contributed by atoms with Crippen LogP contribution in [-0.4, -0.2) is 11.3 Å². The lowest BCUT2D eigenvalue weighted by atomic mass is 10.1. The van der Waals surface area contributed by atoms with Gasteiger partial charge < -0.3 is 4.74 Å². The summed E-state index contributed by atoms with van der Waals surface area (Å²) >= 11 is 10.8. The molecule has 0 radical (unpaired) electrons. The van der Waals surface area contributed by atoms with Gasteiger partial charge in [-0.2, -0.15) is 0 Å². The lowest BCUT2D eigenvalue weighted by molar-refractivity contribution is -0.275. The van der Waals surface area contributed by atoms with Crippen LogP contribution < -0.4 is 4.74 Å². The molecule has 0 fully saturated rings. The second-order valence-corrected chi connectivity index (χ2v) is 3.41. The molecule has 0 aliphatic heterocycles. The highest BCUT2D eigenvalue weighted by Crippen LogP contribution is 2.37. The van der Waals surface area contributed by atoms with Gasteiger partial charge in [-0.25, -0.2) is 13.8 Å². The number of rotatable bonds is 3. The van der Waals surface area contributed by atoms with Crippen molar-refractivity contribution >= 4 is 23.2 Å². The second-order valence-electron chi connectivity index (χ2n) is 2.79. The van der Waals surface area contributed by atoms with Gasteiger partial charge in [0.2, 0.25) is 0 Å². The molecule has 17 heavy (non-hydrogen) atoms. The monoisotopic (exact) mass is 295 g/mol. The Kier molecular flexibility index (Phi) is 4.37. The van der Waals surface area contributed by atoms with Gasteiger partial charge in [-0.3, -0.25) is 0 Å². The molecule has 0 spiro atoms. The van der Waals surface area contributed by atoms with Gasteiger partial charge in [0.05, 0.1) is 17.6 Å². The third-order valence-electron chi connectivity index (χ3n) is 1.71. The predicted octanol–water partition coefficient (Wildman–Crippen LogP) is 4.31. The molecule has 1 aromatic rings. The molecule has 0 unspecified atom stereocenters. The van der Waals surface area contributed by atoms with Crippen LogP contribution in [0.4, 0.5) is 22.0 Å². The summed E-state index contributed by atoms with van der Waals surface area (Å²) in [7, 11) is 0. The third-order valence-corrected chi connectivity index (χ3v) is 2.31. The topological polar surface area (TPSA) is 22.1 Å². The lowest BCUT2D eigenvalue weighted by Gasteiger charge is -2.15. The Balaban J connectivity index is 3.30. The standard InChI is InChI=1S/C8H4Cl2F5NO/c9-1-3-5(7(11)12)4(2-16-6(3)10)17-8(13,14)15/h2,7H,1H2. The molecule has 0 saturated carbocycles. The Bertz CT molecular complexity index is 410. The molecule has 9 heteroatoms. The summed E-state index contributed by atoms with van der Waals surface area (Å²) in [6, 6.07) is 0. The molecule has 0 aliphatic rings. The first-order chi connectivity index (χ1) is 7.76. The van der Waals surface area contributed by atoms with E-state index in [9.17, 15) is 22.0 Å². The van der Waals surface area contributed by atoms with Crippen molar-refractivity contribution in [2.75, 3.05) is 0 Å². The zero-order valence-electron chi connectivity index (χ0n) is 7.86. The van der Waals surface area contributed by atoms with Gasteiger partial charge in [0.25, 0.3) is 6.43 Å². The number of ether oxygens (including phenoxy) is 1. The van der Waals surface area contributed by atoms with Crippen LogP contribution >= 0.6 is 23.2 Å². The van der Waals surface area contributed by atoms with Crippen molar-refractivity contribution in [1.29, 1.82) is 0 Å². The fourth-order valence-corrected chi connectivity index (χ4v) is 1.65. The first-order valence-corrected chi connectivity index (χ1v) is 4.94. The Hall–Kier alpha value is -0.820. The van der Waals surface area contributed by atoms with E-state index in [1.165, 1.54) is 0 Å². The fraction of sp³-hybridized carbons (Fsp3) is 0.375. The number of halogens is 7. The quantitative estimate of drug-likeness (QED) is 0.471. The number of hydrogen-bond acceptors (Lipinski definition) is 2. The van der Waals surface area contributed by atoms with E-state index in [1.807, 2.05) is 0 Å². The Morgan fingerprint density at radius 3 is 2.35 bits per heavy atom. The van der Waals surface area contributed by atoms with Gasteiger partial charge in [-0.15, -0.1) is 24.8 Å². The normalized spacial score (nSPS) is 12.0. The number of pyridine rings is 1. The van der Waals surface area contributed by atoms with Gasteiger partial charge >= 0.3 is 6.36 Å². The van der Waals surface area contributed by atoms with Crippen molar-refractivity contribution in [2.24, 2.45) is 0 Å². The molecular weight excluding hydrogens is 292 g/mol. The van der Waals surface area contributed by atoms with Crippen molar-refractivity contribution in [3.63, 3.8) is 0 Å². The van der Waals surface area contributed by atoms with Crippen LogP contribution in [0.2, 0.25) is 5.15 Å².